The van der Waals surface area contributed by atoms with E-state index in [4.69, 9.17) is 11.0 Å². The molecule has 0 aliphatic carbocycles. The Hall–Kier alpha value is -3.07. The number of carboxylic acids is 1. The number of nitrogen functional groups attached to an aromatic ring is 1. The number of nitrogens with zero attached hydrogens (tertiary/aromatic N) is 2. The van der Waals surface area contributed by atoms with Crippen molar-refractivity contribution in [3.8, 4) is 6.07 Å². The normalized spacial score (nSPS) is 9.95. The van der Waals surface area contributed by atoms with Crippen molar-refractivity contribution in [2.75, 3.05) is 17.7 Å². The van der Waals surface area contributed by atoms with Crippen LogP contribution in [0.1, 0.15) is 15.9 Å². The third-order valence-electron chi connectivity index (χ3n) is 3.13. The zero-order chi connectivity index (χ0) is 15.6. The Bertz CT molecular complexity index is 736. The second kappa shape index (κ2) is 5.51. The molecule has 0 aliphatic rings. The van der Waals surface area contributed by atoms with E-state index in [-0.39, 0.29) is 11.3 Å². The van der Waals surface area contributed by atoms with Crippen LogP contribution in [0.25, 0.3) is 0 Å². The van der Waals surface area contributed by atoms with Crippen LogP contribution in [0.4, 0.5) is 21.5 Å². The Kier molecular flexibility index (Phi) is 3.76. The highest BCUT2D eigenvalue weighted by Gasteiger charge is 2.20. The summed E-state index contributed by atoms with van der Waals surface area (Å²) in [5.74, 6) is -2.08. The highest BCUT2D eigenvalue weighted by Crippen LogP contribution is 2.32. The molecule has 0 heterocycles. The van der Waals surface area contributed by atoms with Gasteiger partial charge in [-0.15, -0.1) is 0 Å². The van der Waals surface area contributed by atoms with Gasteiger partial charge in [0.15, 0.2) is 0 Å². The lowest BCUT2D eigenvalue weighted by Gasteiger charge is -2.22. The summed E-state index contributed by atoms with van der Waals surface area (Å²) >= 11 is 0. The molecule has 6 heteroatoms. The predicted molar refractivity (Wildman–Crippen MR) is 77.0 cm³/mol. The average molecular weight is 285 g/mol. The number of rotatable bonds is 3. The van der Waals surface area contributed by atoms with Gasteiger partial charge in [0.25, 0.3) is 0 Å². The maximum Gasteiger partial charge on any atom is 0.340 e. The van der Waals surface area contributed by atoms with Crippen molar-refractivity contribution in [2.24, 2.45) is 0 Å². The largest absolute Gasteiger partial charge is 0.478 e. The standard InChI is InChI=1S/C15H12FN3O2/c1-19(10-4-2-9(8-17)3-5-10)12-7-6-11(16)14(18)13(12)15(20)21/h2-7H,18H2,1H3,(H,20,21). The number of halogens is 1. The van der Waals surface area contributed by atoms with Crippen LogP contribution in [0.5, 0.6) is 0 Å². The maximum absolute atomic E-state index is 13.4. The molecule has 0 unspecified atom stereocenters. The molecule has 0 saturated heterocycles. The minimum Gasteiger partial charge on any atom is -0.478 e. The fraction of sp³-hybridized carbons (Fsp3) is 0.0667. The molecule has 0 fully saturated rings. The molecule has 2 aromatic rings. The summed E-state index contributed by atoms with van der Waals surface area (Å²) in [7, 11) is 1.64. The zero-order valence-corrected chi connectivity index (χ0v) is 11.2. The first-order valence-corrected chi connectivity index (χ1v) is 6.01. The smallest absolute Gasteiger partial charge is 0.340 e. The third kappa shape index (κ3) is 2.62. The van der Waals surface area contributed by atoms with Crippen LogP contribution < -0.4 is 10.6 Å². The molecule has 0 aromatic heterocycles. The second-order valence-corrected chi connectivity index (χ2v) is 4.38. The van der Waals surface area contributed by atoms with Crippen molar-refractivity contribution in [2.45, 2.75) is 0 Å². The van der Waals surface area contributed by atoms with Gasteiger partial charge in [-0.2, -0.15) is 5.26 Å². The van der Waals surface area contributed by atoms with Crippen LogP contribution in [-0.2, 0) is 0 Å². The number of aromatic carboxylic acids is 1. The first-order valence-electron chi connectivity index (χ1n) is 6.01. The number of nitriles is 1. The minimum atomic E-state index is -1.30. The maximum atomic E-state index is 13.4. The van der Waals surface area contributed by atoms with Gasteiger partial charge in [0.1, 0.15) is 11.4 Å². The quantitative estimate of drug-likeness (QED) is 0.846. The summed E-state index contributed by atoms with van der Waals surface area (Å²) in [5, 5.41) is 18.0. The van der Waals surface area contributed by atoms with E-state index >= 15 is 0 Å². The number of carbonyl (C=O) groups is 1. The molecule has 3 N–H and O–H groups in total. The molecule has 106 valence electrons. The summed E-state index contributed by atoms with van der Waals surface area (Å²) in [6, 6.07) is 11.0. The monoisotopic (exact) mass is 285 g/mol. The number of benzene rings is 2. The van der Waals surface area contributed by atoms with Gasteiger partial charge < -0.3 is 15.7 Å². The first kappa shape index (κ1) is 14.3. The highest BCUT2D eigenvalue weighted by molar-refractivity contribution is 6.01. The number of hydrogen-bond donors (Lipinski definition) is 2. The minimum absolute atomic E-state index is 0.270. The number of nitrogens with two attached hydrogens (primary N) is 1. The Morgan fingerprint density at radius 3 is 2.43 bits per heavy atom. The summed E-state index contributed by atoms with van der Waals surface area (Å²) < 4.78 is 13.4. The van der Waals surface area contributed by atoms with Crippen molar-refractivity contribution in [3.63, 3.8) is 0 Å². The molecule has 0 aliphatic heterocycles. The van der Waals surface area contributed by atoms with E-state index in [0.29, 0.717) is 11.3 Å². The number of carboxylic acid groups (broad SMARTS) is 1. The van der Waals surface area contributed by atoms with Crippen LogP contribution in [0.2, 0.25) is 0 Å². The Morgan fingerprint density at radius 1 is 1.29 bits per heavy atom. The molecule has 0 bridgehead atoms. The van der Waals surface area contributed by atoms with Crippen LogP contribution in [0.15, 0.2) is 36.4 Å². The molecule has 0 radical (unpaired) electrons. The summed E-state index contributed by atoms with van der Waals surface area (Å²) in [4.78, 5) is 12.9. The SMILES string of the molecule is CN(c1ccc(C#N)cc1)c1ccc(F)c(N)c1C(=O)O. The lowest BCUT2D eigenvalue weighted by Crippen LogP contribution is -2.16. The van der Waals surface area contributed by atoms with Crippen molar-refractivity contribution in [3.05, 3.63) is 53.3 Å². The van der Waals surface area contributed by atoms with E-state index in [1.165, 1.54) is 6.07 Å². The van der Waals surface area contributed by atoms with Gasteiger partial charge in [-0.25, -0.2) is 9.18 Å². The third-order valence-corrected chi connectivity index (χ3v) is 3.13. The van der Waals surface area contributed by atoms with Gasteiger partial charge in [0, 0.05) is 12.7 Å². The summed E-state index contributed by atoms with van der Waals surface area (Å²) in [6.07, 6.45) is 0. The van der Waals surface area contributed by atoms with E-state index in [0.717, 1.165) is 6.07 Å². The predicted octanol–water partition coefficient (Wildman–Crippen LogP) is 2.75. The van der Waals surface area contributed by atoms with E-state index in [2.05, 4.69) is 0 Å². The molecule has 0 saturated carbocycles. The molecule has 2 rings (SSSR count). The topological polar surface area (TPSA) is 90.4 Å². The lowest BCUT2D eigenvalue weighted by molar-refractivity contribution is 0.0698. The Balaban J connectivity index is 2.52. The fourth-order valence-corrected chi connectivity index (χ4v) is 1.99. The zero-order valence-electron chi connectivity index (χ0n) is 11.2. The van der Waals surface area contributed by atoms with Crippen LogP contribution in [0.3, 0.4) is 0 Å². The van der Waals surface area contributed by atoms with E-state index in [1.54, 1.807) is 36.2 Å². The van der Waals surface area contributed by atoms with Gasteiger partial charge >= 0.3 is 5.97 Å². The van der Waals surface area contributed by atoms with Crippen LogP contribution in [-0.4, -0.2) is 18.1 Å². The lowest BCUT2D eigenvalue weighted by atomic mass is 10.1. The van der Waals surface area contributed by atoms with E-state index < -0.39 is 17.5 Å². The summed E-state index contributed by atoms with van der Waals surface area (Å²) in [5.41, 5.74) is 6.24. The van der Waals surface area contributed by atoms with Gasteiger partial charge in [-0.1, -0.05) is 0 Å². The highest BCUT2D eigenvalue weighted by atomic mass is 19.1. The number of anilines is 3. The average Bonchev–Trinajstić information content (AvgIpc) is 2.48. The van der Waals surface area contributed by atoms with Crippen LogP contribution >= 0.6 is 0 Å². The van der Waals surface area contributed by atoms with Gasteiger partial charge in [0.05, 0.1) is 23.0 Å². The van der Waals surface area contributed by atoms with Crippen LogP contribution in [0, 0.1) is 17.1 Å². The second-order valence-electron chi connectivity index (χ2n) is 4.38. The van der Waals surface area contributed by atoms with Crippen molar-refractivity contribution < 1.29 is 14.3 Å². The molecule has 21 heavy (non-hydrogen) atoms. The van der Waals surface area contributed by atoms with Gasteiger partial charge in [-0.05, 0) is 36.4 Å². The Morgan fingerprint density at radius 2 is 1.90 bits per heavy atom. The molecule has 0 amide bonds. The van der Waals surface area contributed by atoms with E-state index in [1.807, 2.05) is 6.07 Å². The fourth-order valence-electron chi connectivity index (χ4n) is 1.99. The van der Waals surface area contributed by atoms with Gasteiger partial charge in [0.2, 0.25) is 0 Å². The molecule has 0 atom stereocenters. The molecule has 2 aromatic carbocycles. The van der Waals surface area contributed by atoms with Crippen molar-refractivity contribution >= 4 is 23.0 Å². The first-order chi connectivity index (χ1) is 9.95. The molecular formula is C15H12FN3O2. The molecular weight excluding hydrogens is 273 g/mol. The van der Waals surface area contributed by atoms with Gasteiger partial charge in [-0.3, -0.25) is 0 Å². The Labute approximate surface area is 120 Å². The van der Waals surface area contributed by atoms with Crippen molar-refractivity contribution in [1.29, 1.82) is 5.26 Å². The van der Waals surface area contributed by atoms with Crippen molar-refractivity contribution in [1.82, 2.24) is 0 Å². The molecule has 5 nitrogen and oxygen atoms in total. The van der Waals surface area contributed by atoms with E-state index in [9.17, 15) is 14.3 Å². The molecule has 0 spiro atoms. The number of hydrogen-bond acceptors (Lipinski definition) is 4. The summed E-state index contributed by atoms with van der Waals surface area (Å²) in [6.45, 7) is 0.